The fraction of sp³-hybridized carbons (Fsp3) is 0.500. The molecule has 2 heterocycles. The molecule has 6 heteroatoms. The number of hydrogen-bond donors (Lipinski definition) is 1. The van der Waals surface area contributed by atoms with E-state index in [0.29, 0.717) is 12.8 Å². The third kappa shape index (κ3) is 2.95. The summed E-state index contributed by atoms with van der Waals surface area (Å²) in [6, 6.07) is 2.12. The van der Waals surface area contributed by atoms with Gasteiger partial charge in [-0.15, -0.1) is 0 Å². The first-order chi connectivity index (χ1) is 7.57. The second kappa shape index (κ2) is 4.71. The lowest BCUT2D eigenvalue weighted by Crippen LogP contribution is -2.32. The summed E-state index contributed by atoms with van der Waals surface area (Å²) in [4.78, 5) is 3.98. The van der Waals surface area contributed by atoms with Gasteiger partial charge in [0.05, 0.1) is 21.7 Å². The van der Waals surface area contributed by atoms with E-state index < -0.39 is 9.84 Å². The van der Waals surface area contributed by atoms with Crippen LogP contribution in [0.3, 0.4) is 0 Å². The Balaban J connectivity index is 2.00. The SMILES string of the molecule is O=S1(=O)CCC(Nc2ccncc2Br)CC1. The maximum absolute atomic E-state index is 11.3. The Kier molecular flexibility index (Phi) is 3.49. The summed E-state index contributed by atoms with van der Waals surface area (Å²) in [5.41, 5.74) is 0.972. The Morgan fingerprint density at radius 3 is 2.69 bits per heavy atom. The van der Waals surface area contributed by atoms with E-state index >= 15 is 0 Å². The molecule has 1 aromatic heterocycles. The first-order valence-corrected chi connectivity index (χ1v) is 7.75. The van der Waals surface area contributed by atoms with E-state index in [1.165, 1.54) is 0 Å². The van der Waals surface area contributed by atoms with Crippen molar-refractivity contribution in [2.75, 3.05) is 16.8 Å². The number of sulfone groups is 1. The molecule has 1 aromatic rings. The molecule has 0 atom stereocenters. The molecule has 1 N–H and O–H groups in total. The van der Waals surface area contributed by atoms with Crippen LogP contribution < -0.4 is 5.32 Å². The van der Waals surface area contributed by atoms with Crippen molar-refractivity contribution in [1.29, 1.82) is 0 Å². The largest absolute Gasteiger partial charge is 0.381 e. The first kappa shape index (κ1) is 11.9. The first-order valence-electron chi connectivity index (χ1n) is 5.13. The zero-order valence-electron chi connectivity index (χ0n) is 8.69. The van der Waals surface area contributed by atoms with E-state index in [9.17, 15) is 8.42 Å². The predicted octanol–water partition coefficient (Wildman–Crippen LogP) is 1.83. The van der Waals surface area contributed by atoms with Gasteiger partial charge in [0, 0.05) is 18.4 Å². The average molecular weight is 305 g/mol. The standard InChI is InChI=1S/C10H13BrN2O2S/c11-9-7-12-4-1-10(9)13-8-2-5-16(14,15)6-3-8/h1,4,7-8H,2-3,5-6H2,(H,12,13). The smallest absolute Gasteiger partial charge is 0.150 e. The van der Waals surface area contributed by atoms with Gasteiger partial charge in [0.1, 0.15) is 9.84 Å². The second-order valence-corrected chi connectivity index (χ2v) is 7.08. The number of aromatic nitrogens is 1. The minimum atomic E-state index is -2.78. The van der Waals surface area contributed by atoms with Crippen LogP contribution in [0.2, 0.25) is 0 Å². The van der Waals surface area contributed by atoms with Crippen LogP contribution >= 0.6 is 15.9 Å². The summed E-state index contributed by atoms with van der Waals surface area (Å²) < 4.78 is 23.4. The van der Waals surface area contributed by atoms with E-state index in [0.717, 1.165) is 10.2 Å². The van der Waals surface area contributed by atoms with Crippen LogP contribution in [0.1, 0.15) is 12.8 Å². The van der Waals surface area contributed by atoms with E-state index in [1.807, 2.05) is 6.07 Å². The van der Waals surface area contributed by atoms with Crippen molar-refractivity contribution in [3.05, 3.63) is 22.9 Å². The van der Waals surface area contributed by atoms with Crippen molar-refractivity contribution in [2.45, 2.75) is 18.9 Å². The monoisotopic (exact) mass is 304 g/mol. The molecule has 0 spiro atoms. The van der Waals surface area contributed by atoms with Gasteiger partial charge in [0.15, 0.2) is 0 Å². The molecule has 4 nitrogen and oxygen atoms in total. The molecule has 0 radical (unpaired) electrons. The lowest BCUT2D eigenvalue weighted by Gasteiger charge is -2.24. The Hall–Kier alpha value is -0.620. The summed E-state index contributed by atoms with van der Waals surface area (Å²) >= 11 is 3.40. The maximum atomic E-state index is 11.3. The number of pyridine rings is 1. The van der Waals surface area contributed by atoms with Gasteiger partial charge >= 0.3 is 0 Å². The third-order valence-corrected chi connectivity index (χ3v) is 5.03. The Bertz CT molecular complexity index is 461. The highest BCUT2D eigenvalue weighted by molar-refractivity contribution is 9.10. The Labute approximate surface area is 104 Å². The quantitative estimate of drug-likeness (QED) is 0.905. The summed E-state index contributed by atoms with van der Waals surface area (Å²) in [6.07, 6.45) is 4.79. The lowest BCUT2D eigenvalue weighted by atomic mass is 10.1. The highest BCUT2D eigenvalue weighted by atomic mass is 79.9. The molecule has 0 aromatic carbocycles. The second-order valence-electron chi connectivity index (χ2n) is 3.93. The number of halogens is 1. The molecule has 1 saturated heterocycles. The average Bonchev–Trinajstić information content (AvgIpc) is 2.24. The fourth-order valence-corrected chi connectivity index (χ4v) is 3.60. The van der Waals surface area contributed by atoms with Crippen molar-refractivity contribution >= 4 is 31.5 Å². The van der Waals surface area contributed by atoms with Crippen LogP contribution in [0, 0.1) is 0 Å². The summed E-state index contributed by atoms with van der Waals surface area (Å²) in [5, 5.41) is 3.34. The van der Waals surface area contributed by atoms with E-state index in [4.69, 9.17) is 0 Å². The van der Waals surface area contributed by atoms with Gasteiger partial charge in [0.25, 0.3) is 0 Å². The maximum Gasteiger partial charge on any atom is 0.150 e. The van der Waals surface area contributed by atoms with Crippen LogP contribution in [0.4, 0.5) is 5.69 Å². The van der Waals surface area contributed by atoms with Gasteiger partial charge in [-0.3, -0.25) is 4.98 Å². The van der Waals surface area contributed by atoms with Crippen LogP contribution in [0.5, 0.6) is 0 Å². The van der Waals surface area contributed by atoms with Gasteiger partial charge in [-0.25, -0.2) is 8.42 Å². The molecule has 0 amide bonds. The zero-order chi connectivity index (χ0) is 11.6. The lowest BCUT2D eigenvalue weighted by molar-refractivity contribution is 0.559. The van der Waals surface area contributed by atoms with Crippen molar-refractivity contribution in [2.24, 2.45) is 0 Å². The van der Waals surface area contributed by atoms with Crippen molar-refractivity contribution in [3.8, 4) is 0 Å². The molecular weight excluding hydrogens is 292 g/mol. The van der Waals surface area contributed by atoms with Crippen LogP contribution in [-0.4, -0.2) is 30.9 Å². The molecule has 0 bridgehead atoms. The highest BCUT2D eigenvalue weighted by Crippen LogP contribution is 2.23. The molecule has 1 aliphatic rings. The van der Waals surface area contributed by atoms with Gasteiger partial charge in [-0.05, 0) is 34.8 Å². The normalized spacial score (nSPS) is 20.6. The van der Waals surface area contributed by atoms with E-state index in [1.54, 1.807) is 12.4 Å². The summed E-state index contributed by atoms with van der Waals surface area (Å²) in [5.74, 6) is 0.570. The number of rotatable bonds is 2. The van der Waals surface area contributed by atoms with Crippen molar-refractivity contribution < 1.29 is 8.42 Å². The van der Waals surface area contributed by atoms with Crippen LogP contribution in [0.15, 0.2) is 22.9 Å². The number of nitrogens with zero attached hydrogens (tertiary/aromatic N) is 1. The molecule has 2 rings (SSSR count). The van der Waals surface area contributed by atoms with Crippen LogP contribution in [0.25, 0.3) is 0 Å². The molecule has 1 fully saturated rings. The molecular formula is C10H13BrN2O2S. The minimum Gasteiger partial charge on any atom is -0.381 e. The van der Waals surface area contributed by atoms with Gasteiger partial charge in [0.2, 0.25) is 0 Å². The van der Waals surface area contributed by atoms with Crippen molar-refractivity contribution in [3.63, 3.8) is 0 Å². The van der Waals surface area contributed by atoms with E-state index in [2.05, 4.69) is 26.2 Å². The molecule has 16 heavy (non-hydrogen) atoms. The number of hydrogen-bond acceptors (Lipinski definition) is 4. The van der Waals surface area contributed by atoms with Gasteiger partial charge < -0.3 is 5.32 Å². The molecule has 88 valence electrons. The molecule has 0 saturated carbocycles. The van der Waals surface area contributed by atoms with Crippen molar-refractivity contribution in [1.82, 2.24) is 4.98 Å². The number of nitrogens with one attached hydrogen (secondary N) is 1. The molecule has 0 aliphatic carbocycles. The van der Waals surface area contributed by atoms with Gasteiger partial charge in [-0.2, -0.15) is 0 Å². The van der Waals surface area contributed by atoms with E-state index in [-0.39, 0.29) is 17.5 Å². The molecule has 0 unspecified atom stereocenters. The number of anilines is 1. The molecule has 1 aliphatic heterocycles. The highest BCUT2D eigenvalue weighted by Gasteiger charge is 2.23. The third-order valence-electron chi connectivity index (χ3n) is 2.69. The minimum absolute atomic E-state index is 0.238. The topological polar surface area (TPSA) is 59.1 Å². The Morgan fingerprint density at radius 2 is 2.06 bits per heavy atom. The van der Waals surface area contributed by atoms with Gasteiger partial charge in [-0.1, -0.05) is 0 Å². The fourth-order valence-electron chi connectivity index (χ4n) is 1.75. The summed E-state index contributed by atoms with van der Waals surface area (Å²) in [6.45, 7) is 0. The summed E-state index contributed by atoms with van der Waals surface area (Å²) in [7, 11) is -2.78. The van der Waals surface area contributed by atoms with Crippen LogP contribution in [-0.2, 0) is 9.84 Å². The zero-order valence-corrected chi connectivity index (χ0v) is 11.1. The predicted molar refractivity (Wildman–Crippen MR) is 67.2 cm³/mol. The Morgan fingerprint density at radius 1 is 1.38 bits per heavy atom.